The van der Waals surface area contributed by atoms with Crippen LogP contribution in [0.25, 0.3) is 0 Å². The molecule has 0 saturated heterocycles. The number of rotatable bonds is 7. The first kappa shape index (κ1) is 24.4. The van der Waals surface area contributed by atoms with Gasteiger partial charge in [0.25, 0.3) is 0 Å². The lowest BCUT2D eigenvalue weighted by atomic mass is 9.69. The van der Waals surface area contributed by atoms with Crippen LogP contribution in [0.3, 0.4) is 0 Å². The molecule has 0 unspecified atom stereocenters. The van der Waals surface area contributed by atoms with Crippen molar-refractivity contribution in [1.29, 1.82) is 0 Å². The largest absolute Gasteiger partial charge is 0.504 e. The summed E-state index contributed by atoms with van der Waals surface area (Å²) in [6.45, 7) is 7.86. The zero-order valence-corrected chi connectivity index (χ0v) is 19.7. The van der Waals surface area contributed by atoms with Gasteiger partial charge in [-0.1, -0.05) is 19.9 Å². The van der Waals surface area contributed by atoms with Crippen molar-refractivity contribution >= 4 is 17.7 Å². The molecule has 0 amide bonds. The first-order chi connectivity index (χ1) is 15.7. The van der Waals surface area contributed by atoms with Crippen LogP contribution in [0.15, 0.2) is 40.7 Å². The van der Waals surface area contributed by atoms with Crippen molar-refractivity contribution in [3.63, 3.8) is 0 Å². The summed E-state index contributed by atoms with van der Waals surface area (Å²) in [5.74, 6) is -3.33. The number of carbonyl (C=O) groups excluding carboxylic acids is 3. The number of phenolic OH excluding ortho intramolecular Hbond substituents is 1. The second-order valence-corrected chi connectivity index (χ2v) is 8.33. The topological polar surface area (TPSA) is 111 Å². The summed E-state index contributed by atoms with van der Waals surface area (Å²) in [6, 6.07) is 4.75. The summed E-state index contributed by atoms with van der Waals surface area (Å²) < 4.78 is 15.9. The number of Topliss-reactive ketones (excluding diaryl/α,β-unsaturated/α-hetero) is 1. The Morgan fingerprint density at radius 2 is 1.97 bits per heavy atom. The molecule has 0 radical (unpaired) electrons. The van der Waals surface area contributed by atoms with E-state index in [0.29, 0.717) is 47.6 Å². The van der Waals surface area contributed by atoms with E-state index in [0.717, 1.165) is 0 Å². The lowest BCUT2D eigenvalue weighted by molar-refractivity contribution is -0.151. The fourth-order valence-electron chi connectivity index (χ4n) is 4.54. The van der Waals surface area contributed by atoms with E-state index in [1.54, 1.807) is 26.0 Å². The van der Waals surface area contributed by atoms with E-state index < -0.39 is 23.8 Å². The first-order valence-electron chi connectivity index (χ1n) is 11.2. The first-order valence-corrected chi connectivity index (χ1v) is 11.2. The molecule has 8 nitrogen and oxygen atoms in total. The quantitative estimate of drug-likeness (QED) is 0.474. The summed E-state index contributed by atoms with van der Waals surface area (Å²) in [5.41, 5.74) is 2.47. The van der Waals surface area contributed by atoms with Crippen LogP contribution in [0.5, 0.6) is 11.5 Å². The van der Waals surface area contributed by atoms with Gasteiger partial charge in [0.05, 0.1) is 25.9 Å². The number of hydrogen-bond donors (Lipinski definition) is 2. The number of dihydropyridines is 1. The van der Waals surface area contributed by atoms with Gasteiger partial charge >= 0.3 is 11.9 Å². The van der Waals surface area contributed by atoms with Gasteiger partial charge in [0.1, 0.15) is 5.92 Å². The fraction of sp³-hybridized carbons (Fsp3) is 0.480. The van der Waals surface area contributed by atoms with Gasteiger partial charge in [-0.05, 0) is 50.3 Å². The van der Waals surface area contributed by atoms with E-state index in [-0.39, 0.29) is 29.8 Å². The number of carbonyl (C=O) groups is 3. The highest BCUT2D eigenvalue weighted by Gasteiger charge is 2.47. The minimum atomic E-state index is -0.965. The highest BCUT2D eigenvalue weighted by atomic mass is 16.5. The maximum atomic E-state index is 13.7. The summed E-state index contributed by atoms with van der Waals surface area (Å²) >= 11 is 0. The number of ketones is 1. The minimum absolute atomic E-state index is 0.0458. The number of aromatic hydroxyl groups is 1. The van der Waals surface area contributed by atoms with Crippen LogP contribution in [0.4, 0.5) is 0 Å². The van der Waals surface area contributed by atoms with Gasteiger partial charge in [0.2, 0.25) is 0 Å². The molecular weight excluding hydrogens is 426 g/mol. The molecule has 2 N–H and O–H groups in total. The molecule has 0 aromatic heterocycles. The molecule has 1 aliphatic carbocycles. The average Bonchev–Trinajstić information content (AvgIpc) is 2.78. The standard InChI is InChI=1S/C25H31NO7/c1-6-10-33-25(30)20-14(4)26-16-11-13(3)19(24(29)31-5)23(28)22(16)21(20)15-8-9-17(27)18(12-15)32-7-2/h8-9,12-13,19,21,26-27H,6-7,10-11H2,1-5H3/t13-,19+,21+/m0/s1. The van der Waals surface area contributed by atoms with Crippen molar-refractivity contribution in [2.75, 3.05) is 20.3 Å². The Labute approximate surface area is 193 Å². The molecule has 3 rings (SSSR count). The van der Waals surface area contributed by atoms with Crippen molar-refractivity contribution in [2.24, 2.45) is 11.8 Å². The molecule has 33 heavy (non-hydrogen) atoms. The minimum Gasteiger partial charge on any atom is -0.504 e. The predicted molar refractivity (Wildman–Crippen MR) is 120 cm³/mol. The molecule has 1 aromatic rings. The number of allylic oxidation sites excluding steroid dienone is 3. The Morgan fingerprint density at radius 3 is 2.61 bits per heavy atom. The van der Waals surface area contributed by atoms with Crippen molar-refractivity contribution in [3.05, 3.63) is 46.3 Å². The van der Waals surface area contributed by atoms with Gasteiger partial charge in [0, 0.05) is 22.9 Å². The molecule has 1 aliphatic heterocycles. The van der Waals surface area contributed by atoms with Crippen LogP contribution in [0.1, 0.15) is 52.0 Å². The van der Waals surface area contributed by atoms with Crippen molar-refractivity contribution in [1.82, 2.24) is 5.32 Å². The van der Waals surface area contributed by atoms with E-state index in [4.69, 9.17) is 14.2 Å². The van der Waals surface area contributed by atoms with Gasteiger partial charge in [-0.25, -0.2) is 4.79 Å². The lowest BCUT2D eigenvalue weighted by Crippen LogP contribution is -2.43. The lowest BCUT2D eigenvalue weighted by Gasteiger charge is -2.38. The number of ether oxygens (including phenoxy) is 3. The molecule has 3 atom stereocenters. The number of nitrogens with one attached hydrogen (secondary N) is 1. The number of methoxy groups -OCH3 is 1. The number of hydrogen-bond acceptors (Lipinski definition) is 8. The van der Waals surface area contributed by atoms with E-state index in [9.17, 15) is 19.5 Å². The van der Waals surface area contributed by atoms with Crippen LogP contribution in [0.2, 0.25) is 0 Å². The summed E-state index contributed by atoms with van der Waals surface area (Å²) in [7, 11) is 1.26. The van der Waals surface area contributed by atoms with E-state index in [2.05, 4.69) is 5.32 Å². The highest BCUT2D eigenvalue weighted by Crippen LogP contribution is 2.46. The van der Waals surface area contributed by atoms with Gasteiger partial charge in [0.15, 0.2) is 17.3 Å². The van der Waals surface area contributed by atoms with Gasteiger partial charge in [-0.15, -0.1) is 0 Å². The molecule has 1 heterocycles. The van der Waals surface area contributed by atoms with Gasteiger partial charge in [-0.3, -0.25) is 9.59 Å². The number of benzene rings is 1. The smallest absolute Gasteiger partial charge is 0.336 e. The molecule has 0 bridgehead atoms. The third kappa shape index (κ3) is 4.60. The van der Waals surface area contributed by atoms with Crippen molar-refractivity contribution in [3.8, 4) is 11.5 Å². The highest BCUT2D eigenvalue weighted by molar-refractivity contribution is 6.12. The SMILES string of the molecule is CCCOC(=O)C1=C(C)NC2=C(C(=O)[C@H](C(=O)OC)[C@@H](C)C2)[C@@H]1c1ccc(O)c(OCC)c1. The third-order valence-electron chi connectivity index (χ3n) is 6.02. The summed E-state index contributed by atoms with van der Waals surface area (Å²) in [4.78, 5) is 39.3. The molecule has 8 heteroatoms. The van der Waals surface area contributed by atoms with Crippen molar-refractivity contribution in [2.45, 2.75) is 46.5 Å². The van der Waals surface area contributed by atoms with E-state index in [1.165, 1.54) is 13.2 Å². The second kappa shape index (κ2) is 10.1. The Hall–Kier alpha value is -3.29. The Bertz CT molecular complexity index is 1020. The number of phenols is 1. The van der Waals surface area contributed by atoms with Crippen LogP contribution in [-0.2, 0) is 23.9 Å². The molecule has 1 aromatic carbocycles. The fourth-order valence-corrected chi connectivity index (χ4v) is 4.54. The molecular formula is C25H31NO7. The van der Waals surface area contributed by atoms with E-state index in [1.807, 2.05) is 13.8 Å². The van der Waals surface area contributed by atoms with Crippen LogP contribution in [0, 0.1) is 11.8 Å². The predicted octanol–water partition coefficient (Wildman–Crippen LogP) is 3.36. The monoisotopic (exact) mass is 457 g/mol. The van der Waals surface area contributed by atoms with Crippen LogP contribution in [-0.4, -0.2) is 43.2 Å². The number of esters is 2. The Kier molecular flexibility index (Phi) is 7.46. The average molecular weight is 458 g/mol. The third-order valence-corrected chi connectivity index (χ3v) is 6.02. The Morgan fingerprint density at radius 1 is 1.24 bits per heavy atom. The Balaban J connectivity index is 2.19. The second-order valence-electron chi connectivity index (χ2n) is 8.33. The van der Waals surface area contributed by atoms with Gasteiger partial charge < -0.3 is 24.6 Å². The van der Waals surface area contributed by atoms with Crippen LogP contribution < -0.4 is 10.1 Å². The van der Waals surface area contributed by atoms with Crippen molar-refractivity contribution < 1.29 is 33.7 Å². The zero-order valence-electron chi connectivity index (χ0n) is 19.7. The maximum absolute atomic E-state index is 13.7. The van der Waals surface area contributed by atoms with Crippen LogP contribution >= 0.6 is 0 Å². The van der Waals surface area contributed by atoms with E-state index >= 15 is 0 Å². The molecule has 2 aliphatic rings. The molecule has 0 spiro atoms. The molecule has 0 saturated carbocycles. The maximum Gasteiger partial charge on any atom is 0.336 e. The van der Waals surface area contributed by atoms with Gasteiger partial charge in [-0.2, -0.15) is 0 Å². The summed E-state index contributed by atoms with van der Waals surface area (Å²) in [5, 5.41) is 13.4. The normalized spacial score (nSPS) is 22.5. The zero-order chi connectivity index (χ0) is 24.3. The summed E-state index contributed by atoms with van der Waals surface area (Å²) in [6.07, 6.45) is 1.10. The molecule has 0 fully saturated rings. The molecule has 178 valence electrons.